The third-order valence-electron chi connectivity index (χ3n) is 1.61. The Morgan fingerprint density at radius 3 is 2.53 bits per heavy atom. The molecule has 0 unspecified atom stereocenters. The molecule has 1 heterocycles. The van der Waals surface area contributed by atoms with E-state index in [9.17, 15) is 9.90 Å². The van der Waals surface area contributed by atoms with Crippen LogP contribution in [0.15, 0.2) is 10.9 Å². The molecule has 0 saturated carbocycles. The molecule has 2 N–H and O–H groups in total. The first kappa shape index (κ1) is 12.4. The second kappa shape index (κ2) is 6.07. The maximum atomic E-state index is 11.1. The predicted molar refractivity (Wildman–Crippen MR) is 65.5 cm³/mol. The zero-order valence-corrected chi connectivity index (χ0v) is 10.3. The van der Waals surface area contributed by atoms with E-state index in [0.717, 1.165) is 17.6 Å². The number of hydrogen-bond acceptors (Lipinski definition) is 5. The van der Waals surface area contributed by atoms with E-state index >= 15 is 0 Å². The van der Waals surface area contributed by atoms with Crippen molar-refractivity contribution in [3.05, 3.63) is 22.2 Å². The van der Waals surface area contributed by atoms with E-state index in [2.05, 4.69) is 23.8 Å². The molecule has 6 heteroatoms. The molecular weight excluding hydrogens is 232 g/mol. The van der Waals surface area contributed by atoms with Crippen molar-refractivity contribution in [2.45, 2.75) is 18.4 Å². The van der Waals surface area contributed by atoms with E-state index < -0.39 is 0 Å². The molecule has 0 radical (unpaired) electrons. The van der Waals surface area contributed by atoms with E-state index in [-0.39, 0.29) is 16.0 Å². The molecule has 0 amide bonds. The van der Waals surface area contributed by atoms with Crippen molar-refractivity contribution >= 4 is 23.5 Å². The van der Waals surface area contributed by atoms with Crippen LogP contribution in [0.25, 0.3) is 0 Å². The lowest BCUT2D eigenvalue weighted by molar-refractivity contribution is 0.448. The topological polar surface area (TPSA) is 66.0 Å². The third kappa shape index (κ3) is 3.79. The highest BCUT2D eigenvalue weighted by molar-refractivity contribution is 8.16. The van der Waals surface area contributed by atoms with Crippen LogP contribution in [-0.2, 0) is 0 Å². The third-order valence-corrected chi connectivity index (χ3v) is 4.14. The van der Waals surface area contributed by atoms with Crippen molar-refractivity contribution in [2.75, 3.05) is 11.5 Å². The van der Waals surface area contributed by atoms with Crippen LogP contribution < -0.4 is 5.56 Å². The van der Waals surface area contributed by atoms with Crippen LogP contribution in [0.2, 0.25) is 0 Å². The Balaban J connectivity index is 2.93. The van der Waals surface area contributed by atoms with Crippen LogP contribution in [0.5, 0.6) is 5.88 Å². The van der Waals surface area contributed by atoms with Gasteiger partial charge in [0, 0.05) is 0 Å². The summed E-state index contributed by atoms with van der Waals surface area (Å²) >= 11 is 3.38. The number of aromatic nitrogens is 2. The molecule has 1 rings (SSSR count). The molecule has 1 aromatic rings. The van der Waals surface area contributed by atoms with Gasteiger partial charge in [0.05, 0.1) is 6.07 Å². The fourth-order valence-electron chi connectivity index (χ4n) is 1.08. The summed E-state index contributed by atoms with van der Waals surface area (Å²) in [5, 5.41) is 9.23. The largest absolute Gasteiger partial charge is 0.493 e. The van der Waals surface area contributed by atoms with Crippen molar-refractivity contribution in [2.24, 2.45) is 0 Å². The van der Waals surface area contributed by atoms with Gasteiger partial charge in [-0.15, -0.1) is 23.5 Å². The molecule has 0 spiro atoms. The average molecular weight is 246 g/mol. The summed E-state index contributed by atoms with van der Waals surface area (Å²) in [4.78, 5) is 17.7. The molecule has 4 nitrogen and oxygen atoms in total. The Bertz CT molecular complexity index is 361. The summed E-state index contributed by atoms with van der Waals surface area (Å²) in [6.07, 6.45) is 0. The van der Waals surface area contributed by atoms with Crippen LogP contribution in [0, 0.1) is 0 Å². The van der Waals surface area contributed by atoms with Crippen LogP contribution >= 0.6 is 23.5 Å². The first-order chi connectivity index (χ1) is 7.17. The van der Waals surface area contributed by atoms with E-state index in [4.69, 9.17) is 0 Å². The van der Waals surface area contributed by atoms with Crippen molar-refractivity contribution in [3.8, 4) is 5.88 Å². The summed E-state index contributed by atoms with van der Waals surface area (Å²) in [7, 11) is 0. The fraction of sp³-hybridized carbons (Fsp3) is 0.556. The number of hydrogen-bond donors (Lipinski definition) is 2. The number of nitrogens with zero attached hydrogens (tertiary/aromatic N) is 1. The van der Waals surface area contributed by atoms with Crippen LogP contribution in [0.4, 0.5) is 0 Å². The van der Waals surface area contributed by atoms with Crippen LogP contribution in [0.1, 0.15) is 24.3 Å². The Labute approximate surface area is 96.9 Å². The quantitative estimate of drug-likeness (QED) is 0.778. The monoisotopic (exact) mass is 246 g/mol. The number of nitrogens with one attached hydrogen (secondary N) is 1. The molecule has 15 heavy (non-hydrogen) atoms. The zero-order chi connectivity index (χ0) is 11.3. The summed E-state index contributed by atoms with van der Waals surface area (Å²) in [6.45, 7) is 4.10. The molecule has 0 fully saturated rings. The van der Waals surface area contributed by atoms with E-state index in [1.165, 1.54) is 0 Å². The first-order valence-electron chi connectivity index (χ1n) is 4.70. The molecule has 0 atom stereocenters. The Kier molecular flexibility index (Phi) is 5.04. The van der Waals surface area contributed by atoms with Crippen molar-refractivity contribution in [1.29, 1.82) is 0 Å². The summed E-state index contributed by atoms with van der Waals surface area (Å²) < 4.78 is 0.0831. The van der Waals surface area contributed by atoms with Gasteiger partial charge in [0.2, 0.25) is 5.88 Å². The minimum Gasteiger partial charge on any atom is -0.493 e. The molecule has 84 valence electrons. The van der Waals surface area contributed by atoms with Gasteiger partial charge in [0.1, 0.15) is 10.4 Å². The summed E-state index contributed by atoms with van der Waals surface area (Å²) in [6, 6.07) is 1.08. The highest BCUT2D eigenvalue weighted by atomic mass is 32.2. The Morgan fingerprint density at radius 2 is 2.07 bits per heavy atom. The maximum Gasteiger partial charge on any atom is 0.254 e. The Morgan fingerprint density at radius 1 is 1.47 bits per heavy atom. The van der Waals surface area contributed by atoms with Crippen LogP contribution in [-0.4, -0.2) is 26.6 Å². The van der Waals surface area contributed by atoms with Gasteiger partial charge < -0.3 is 10.1 Å². The molecule has 0 aliphatic carbocycles. The van der Waals surface area contributed by atoms with Crippen molar-refractivity contribution in [1.82, 2.24) is 9.97 Å². The molecule has 0 aliphatic rings. The second-order valence-electron chi connectivity index (χ2n) is 2.73. The minimum absolute atomic E-state index is 0.0831. The maximum absolute atomic E-state index is 11.1. The van der Waals surface area contributed by atoms with Gasteiger partial charge in [-0.05, 0) is 11.5 Å². The number of aromatic amines is 1. The first-order valence-corrected chi connectivity index (χ1v) is 6.80. The molecule has 0 aromatic carbocycles. The number of thioether (sulfide) groups is 2. The Hall–Kier alpha value is -0.620. The highest BCUT2D eigenvalue weighted by Gasteiger charge is 2.14. The SMILES string of the molecule is CCSC(SCC)c1nc(O)cc(=O)[nH]1. The standard InChI is InChI=1S/C9H14N2O2S2/c1-3-14-9(15-4-2)8-10-6(12)5-7(13)11-8/h5,9H,3-4H2,1-2H3,(H2,10,11,12,13). The zero-order valence-electron chi connectivity index (χ0n) is 8.69. The van der Waals surface area contributed by atoms with Gasteiger partial charge in [-0.2, -0.15) is 4.98 Å². The van der Waals surface area contributed by atoms with Crippen molar-refractivity contribution < 1.29 is 5.11 Å². The van der Waals surface area contributed by atoms with Gasteiger partial charge in [0.25, 0.3) is 5.56 Å². The number of aromatic hydroxyl groups is 1. The van der Waals surface area contributed by atoms with Crippen LogP contribution in [0.3, 0.4) is 0 Å². The lowest BCUT2D eigenvalue weighted by Crippen LogP contribution is -2.10. The molecule has 1 aromatic heterocycles. The average Bonchev–Trinajstić information content (AvgIpc) is 2.16. The second-order valence-corrected chi connectivity index (χ2v) is 5.79. The lowest BCUT2D eigenvalue weighted by Gasteiger charge is -2.13. The molecule has 0 bridgehead atoms. The highest BCUT2D eigenvalue weighted by Crippen LogP contribution is 2.36. The summed E-state index contributed by atoms with van der Waals surface area (Å²) in [5.74, 6) is 2.21. The molecule has 0 aliphatic heterocycles. The smallest absolute Gasteiger partial charge is 0.254 e. The predicted octanol–water partition coefficient (Wildman–Crippen LogP) is 1.98. The normalized spacial score (nSPS) is 10.9. The van der Waals surface area contributed by atoms with E-state index in [0.29, 0.717) is 5.82 Å². The van der Waals surface area contributed by atoms with Gasteiger partial charge >= 0.3 is 0 Å². The minimum atomic E-state index is -0.309. The number of rotatable bonds is 5. The van der Waals surface area contributed by atoms with Crippen molar-refractivity contribution in [3.63, 3.8) is 0 Å². The van der Waals surface area contributed by atoms with Gasteiger partial charge in [-0.3, -0.25) is 4.79 Å². The van der Waals surface area contributed by atoms with Gasteiger partial charge in [-0.25, -0.2) is 0 Å². The molecule has 0 saturated heterocycles. The van der Waals surface area contributed by atoms with Gasteiger partial charge in [-0.1, -0.05) is 13.8 Å². The van der Waals surface area contributed by atoms with Gasteiger partial charge in [0.15, 0.2) is 0 Å². The molecular formula is C9H14N2O2S2. The van der Waals surface area contributed by atoms with E-state index in [1.54, 1.807) is 23.5 Å². The van der Waals surface area contributed by atoms with E-state index in [1.807, 2.05) is 0 Å². The number of H-pyrrole nitrogens is 1. The fourth-order valence-corrected chi connectivity index (χ4v) is 3.43. The lowest BCUT2D eigenvalue weighted by atomic mass is 10.6. The summed E-state index contributed by atoms with van der Waals surface area (Å²) in [5.41, 5.74) is -0.309.